The Balaban J connectivity index is 3.01. The van der Waals surface area contributed by atoms with E-state index >= 15 is 0 Å². The number of aldehydes is 2. The van der Waals surface area contributed by atoms with Gasteiger partial charge in [-0.25, -0.2) is 4.79 Å². The summed E-state index contributed by atoms with van der Waals surface area (Å²) in [5, 5.41) is 0. The number of carbonyl (C=O) groups is 2. The van der Waals surface area contributed by atoms with Gasteiger partial charge in [-0.15, -0.1) is 0 Å². The van der Waals surface area contributed by atoms with Crippen LogP contribution in [0.25, 0.3) is 0 Å². The van der Waals surface area contributed by atoms with E-state index < -0.39 is 0 Å². The maximum absolute atomic E-state index is 10.2. The predicted octanol–water partition coefficient (Wildman–Crippen LogP) is 0.610. The molecule has 0 unspecified atom stereocenters. The fourth-order valence-corrected chi connectivity index (χ4v) is 0.668. The van der Waals surface area contributed by atoms with Crippen LogP contribution in [0.1, 0.15) is 0 Å². The Kier molecular flexibility index (Phi) is 1.88. The highest BCUT2D eigenvalue weighted by Crippen LogP contribution is 2.08. The molecule has 0 fully saturated rings. The smallest absolute Gasteiger partial charge is 0.240 e. The first-order valence-electron chi connectivity index (χ1n) is 2.79. The highest BCUT2D eigenvalue weighted by molar-refractivity contribution is 5.95. The minimum atomic E-state index is 0.317. The zero-order valence-electron chi connectivity index (χ0n) is 5.20. The molecule has 0 atom stereocenters. The van der Waals surface area contributed by atoms with Crippen molar-refractivity contribution in [1.29, 1.82) is 0 Å². The van der Waals surface area contributed by atoms with Crippen molar-refractivity contribution in [3.05, 3.63) is 35.5 Å². The topological polar surface area (TPSA) is 34.1 Å². The third-order valence-corrected chi connectivity index (χ3v) is 1.17. The van der Waals surface area contributed by atoms with Crippen LogP contribution in [0.5, 0.6) is 0 Å². The second-order valence-electron chi connectivity index (χ2n) is 1.77. The number of hydrogen-bond donors (Lipinski definition) is 0. The van der Waals surface area contributed by atoms with Gasteiger partial charge in [-0.3, -0.25) is 4.79 Å². The molecule has 0 heterocycles. The van der Waals surface area contributed by atoms with Crippen LogP contribution < -0.4 is 0 Å². The SMILES string of the molecule is O=CC1=[C+]C=CC=C1C=O. The first-order chi connectivity index (χ1) is 4.88. The molecule has 0 aliphatic heterocycles. The van der Waals surface area contributed by atoms with E-state index in [1.807, 2.05) is 0 Å². The van der Waals surface area contributed by atoms with Gasteiger partial charge in [0.05, 0.1) is 6.08 Å². The van der Waals surface area contributed by atoms with E-state index in [4.69, 9.17) is 0 Å². The summed E-state index contributed by atoms with van der Waals surface area (Å²) >= 11 is 0. The molecule has 10 heavy (non-hydrogen) atoms. The molecule has 0 spiro atoms. The van der Waals surface area contributed by atoms with Crippen LogP contribution >= 0.6 is 0 Å². The normalized spacial score (nSPS) is 14.8. The average Bonchev–Trinajstić information content (AvgIpc) is 2.04. The maximum Gasteiger partial charge on any atom is 0.240 e. The van der Waals surface area contributed by atoms with Gasteiger partial charge >= 0.3 is 0 Å². The van der Waals surface area contributed by atoms with E-state index in [9.17, 15) is 9.59 Å². The zero-order chi connectivity index (χ0) is 7.40. The first kappa shape index (κ1) is 6.59. The van der Waals surface area contributed by atoms with Crippen molar-refractivity contribution in [3.63, 3.8) is 0 Å². The molecule has 1 aliphatic rings. The predicted molar refractivity (Wildman–Crippen MR) is 36.1 cm³/mol. The highest BCUT2D eigenvalue weighted by atomic mass is 16.1. The molecule has 0 aromatic carbocycles. The van der Waals surface area contributed by atoms with Crippen molar-refractivity contribution in [2.75, 3.05) is 0 Å². The lowest BCUT2D eigenvalue weighted by Crippen LogP contribution is -1.94. The standard InChI is InChI=1S/C8H5O2/c9-5-7-3-1-2-4-8(7)6-10/h1-3,5-6H/q+1. The lowest BCUT2D eigenvalue weighted by molar-refractivity contribution is -0.107. The summed E-state index contributed by atoms with van der Waals surface area (Å²) in [5.41, 5.74) is 0.704. The van der Waals surface area contributed by atoms with Gasteiger partial charge in [-0.2, -0.15) is 0 Å². The van der Waals surface area contributed by atoms with Gasteiger partial charge in [-0.05, 0) is 0 Å². The Morgan fingerprint density at radius 3 is 2.60 bits per heavy atom. The third kappa shape index (κ3) is 1.07. The van der Waals surface area contributed by atoms with Crippen molar-refractivity contribution in [3.8, 4) is 0 Å². The van der Waals surface area contributed by atoms with Gasteiger partial charge in [0.15, 0.2) is 11.9 Å². The molecule has 48 valence electrons. The zero-order valence-corrected chi connectivity index (χ0v) is 5.20. The van der Waals surface area contributed by atoms with Crippen LogP contribution in [-0.2, 0) is 9.59 Å². The fourth-order valence-electron chi connectivity index (χ4n) is 0.668. The van der Waals surface area contributed by atoms with Gasteiger partial charge in [-0.1, -0.05) is 0 Å². The Bertz CT molecular complexity index is 218. The molecule has 2 heteroatoms. The van der Waals surface area contributed by atoms with Gasteiger partial charge in [0, 0.05) is 18.2 Å². The van der Waals surface area contributed by atoms with Crippen molar-refractivity contribution in [1.82, 2.24) is 0 Å². The quantitative estimate of drug-likeness (QED) is 0.408. The Hall–Kier alpha value is -1.53. The van der Waals surface area contributed by atoms with Crippen LogP contribution in [0.4, 0.5) is 0 Å². The molecule has 0 amide bonds. The van der Waals surface area contributed by atoms with Gasteiger partial charge in [0.2, 0.25) is 6.29 Å². The second-order valence-corrected chi connectivity index (χ2v) is 1.77. The van der Waals surface area contributed by atoms with Crippen LogP contribution in [-0.4, -0.2) is 12.6 Å². The molecule has 0 radical (unpaired) electrons. The molecule has 1 aliphatic carbocycles. The van der Waals surface area contributed by atoms with Crippen molar-refractivity contribution in [2.45, 2.75) is 0 Å². The fraction of sp³-hybridized carbons (Fsp3) is 0. The lowest BCUT2D eigenvalue weighted by atomic mass is 10.1. The molecular weight excluding hydrogens is 128 g/mol. The van der Waals surface area contributed by atoms with Gasteiger partial charge < -0.3 is 0 Å². The van der Waals surface area contributed by atoms with E-state index in [2.05, 4.69) is 6.08 Å². The van der Waals surface area contributed by atoms with Crippen molar-refractivity contribution >= 4 is 12.6 Å². The molecule has 2 nitrogen and oxygen atoms in total. The van der Waals surface area contributed by atoms with E-state index in [0.29, 0.717) is 23.7 Å². The molecule has 0 aromatic heterocycles. The number of hydrogen-bond acceptors (Lipinski definition) is 2. The molecular formula is C8H5O2+. The summed E-state index contributed by atoms with van der Waals surface area (Å²) in [7, 11) is 0. The summed E-state index contributed by atoms with van der Waals surface area (Å²) in [6, 6.07) is 0. The maximum atomic E-state index is 10.2. The van der Waals surface area contributed by atoms with E-state index in [1.54, 1.807) is 18.2 Å². The summed E-state index contributed by atoms with van der Waals surface area (Å²) < 4.78 is 0. The molecule has 0 bridgehead atoms. The molecule has 0 N–H and O–H groups in total. The Morgan fingerprint density at radius 2 is 2.10 bits per heavy atom. The summed E-state index contributed by atoms with van der Waals surface area (Å²) in [6.45, 7) is 0. The third-order valence-electron chi connectivity index (χ3n) is 1.17. The average molecular weight is 133 g/mol. The van der Waals surface area contributed by atoms with Crippen molar-refractivity contribution < 1.29 is 9.59 Å². The Labute approximate surface area is 58.5 Å². The summed E-state index contributed by atoms with van der Waals surface area (Å²) in [4.78, 5) is 20.4. The lowest BCUT2D eigenvalue weighted by Gasteiger charge is -1.87. The van der Waals surface area contributed by atoms with Crippen LogP contribution in [0.3, 0.4) is 0 Å². The molecule has 0 saturated heterocycles. The minimum absolute atomic E-state index is 0.317. The van der Waals surface area contributed by atoms with Crippen LogP contribution in [0.15, 0.2) is 29.4 Å². The molecule has 1 rings (SSSR count). The van der Waals surface area contributed by atoms with Crippen LogP contribution in [0, 0.1) is 6.08 Å². The Morgan fingerprint density at radius 1 is 1.30 bits per heavy atom. The second kappa shape index (κ2) is 2.85. The van der Waals surface area contributed by atoms with E-state index in [-0.39, 0.29) is 0 Å². The number of rotatable bonds is 2. The number of allylic oxidation sites excluding steroid dienone is 6. The van der Waals surface area contributed by atoms with Crippen LogP contribution in [0.2, 0.25) is 0 Å². The van der Waals surface area contributed by atoms with Crippen molar-refractivity contribution in [2.24, 2.45) is 0 Å². The molecule has 0 saturated carbocycles. The van der Waals surface area contributed by atoms with Gasteiger partial charge in [0.1, 0.15) is 5.57 Å². The summed E-state index contributed by atoms with van der Waals surface area (Å²) in [5.74, 6) is 0. The molecule has 0 aromatic rings. The van der Waals surface area contributed by atoms with E-state index in [1.165, 1.54) is 0 Å². The largest absolute Gasteiger partial charge is 0.286 e. The summed E-state index contributed by atoms with van der Waals surface area (Å²) in [6.07, 6.45) is 8.73. The van der Waals surface area contributed by atoms with Gasteiger partial charge in [0.25, 0.3) is 0 Å². The van der Waals surface area contributed by atoms with E-state index in [0.717, 1.165) is 0 Å². The highest BCUT2D eigenvalue weighted by Gasteiger charge is 2.12. The minimum Gasteiger partial charge on any atom is -0.286 e. The number of carbonyl (C=O) groups excluding carboxylic acids is 2. The first-order valence-corrected chi connectivity index (χ1v) is 2.79. The monoisotopic (exact) mass is 133 g/mol.